The molecule has 0 aromatic rings. The highest BCUT2D eigenvalue weighted by Gasteiger charge is 2.50. The van der Waals surface area contributed by atoms with E-state index in [2.05, 4.69) is 5.32 Å². The van der Waals surface area contributed by atoms with Crippen molar-refractivity contribution in [3.8, 4) is 0 Å². The number of carboxylic acid groups (broad SMARTS) is 1. The zero-order valence-electron chi connectivity index (χ0n) is 8.74. The third-order valence-corrected chi connectivity index (χ3v) is 2.87. The predicted octanol–water partition coefficient (Wildman–Crippen LogP) is 0.182. The summed E-state index contributed by atoms with van der Waals surface area (Å²) in [5.74, 6) is -1.52. The number of carbonyl (C=O) groups is 3. The highest BCUT2D eigenvalue weighted by Crippen LogP contribution is 2.28. The molecule has 1 saturated heterocycles. The smallest absolute Gasteiger partial charge is 0.325 e. The van der Waals surface area contributed by atoms with E-state index in [1.807, 2.05) is 0 Å². The van der Waals surface area contributed by atoms with Crippen molar-refractivity contribution in [3.05, 3.63) is 0 Å². The van der Waals surface area contributed by atoms with Gasteiger partial charge in [-0.2, -0.15) is 0 Å². The molecule has 84 valence electrons. The van der Waals surface area contributed by atoms with Gasteiger partial charge in [0.25, 0.3) is 5.91 Å². The van der Waals surface area contributed by atoms with E-state index in [4.69, 9.17) is 5.11 Å². The zero-order chi connectivity index (χ0) is 11.6. The number of hydrogen-bond acceptors (Lipinski definition) is 3. The lowest BCUT2D eigenvalue weighted by molar-refractivity contribution is -0.139. The van der Waals surface area contributed by atoms with Gasteiger partial charge in [-0.15, -0.1) is 0 Å². The molecule has 0 aliphatic carbocycles. The molecule has 0 bridgehead atoms. The first-order chi connectivity index (χ1) is 6.97. The minimum Gasteiger partial charge on any atom is -0.480 e. The molecule has 0 aromatic heterocycles. The van der Waals surface area contributed by atoms with Gasteiger partial charge in [-0.3, -0.25) is 19.8 Å². The maximum Gasteiger partial charge on any atom is 0.325 e. The quantitative estimate of drug-likeness (QED) is 0.653. The molecule has 15 heavy (non-hydrogen) atoms. The topological polar surface area (TPSA) is 86.7 Å². The first kappa shape index (κ1) is 11.5. The van der Waals surface area contributed by atoms with Crippen LogP contribution in [0.15, 0.2) is 0 Å². The van der Waals surface area contributed by atoms with E-state index in [9.17, 15) is 14.4 Å². The number of carboxylic acids is 1. The van der Waals surface area contributed by atoms with Crippen LogP contribution in [-0.4, -0.2) is 40.0 Å². The van der Waals surface area contributed by atoms with Crippen molar-refractivity contribution in [3.63, 3.8) is 0 Å². The van der Waals surface area contributed by atoms with E-state index in [1.54, 1.807) is 13.8 Å². The second-order valence-electron chi connectivity index (χ2n) is 3.48. The van der Waals surface area contributed by atoms with Crippen molar-refractivity contribution in [1.82, 2.24) is 10.2 Å². The number of urea groups is 1. The van der Waals surface area contributed by atoms with Crippen LogP contribution >= 0.6 is 0 Å². The first-order valence-corrected chi connectivity index (χ1v) is 4.82. The van der Waals surface area contributed by atoms with Gasteiger partial charge in [0.2, 0.25) is 0 Å². The number of imide groups is 1. The van der Waals surface area contributed by atoms with Gasteiger partial charge in [0.1, 0.15) is 12.1 Å². The number of aliphatic carboxylic acids is 1. The van der Waals surface area contributed by atoms with Crippen molar-refractivity contribution in [2.45, 2.75) is 32.2 Å². The number of rotatable bonds is 4. The lowest BCUT2D eigenvalue weighted by atomic mass is 9.91. The van der Waals surface area contributed by atoms with Gasteiger partial charge in [-0.1, -0.05) is 13.8 Å². The molecule has 0 unspecified atom stereocenters. The van der Waals surface area contributed by atoms with Crippen LogP contribution in [0.3, 0.4) is 0 Å². The summed E-state index contributed by atoms with van der Waals surface area (Å²) in [5, 5.41) is 10.8. The summed E-state index contributed by atoms with van der Waals surface area (Å²) in [6, 6.07) is -0.619. The Morgan fingerprint density at radius 1 is 1.40 bits per heavy atom. The third-order valence-electron chi connectivity index (χ3n) is 2.87. The van der Waals surface area contributed by atoms with E-state index >= 15 is 0 Å². The number of hydrogen-bond donors (Lipinski definition) is 2. The molecular formula is C9H14N2O4. The maximum atomic E-state index is 11.6. The second kappa shape index (κ2) is 3.88. The van der Waals surface area contributed by atoms with Gasteiger partial charge in [-0.25, -0.2) is 4.79 Å². The van der Waals surface area contributed by atoms with Crippen LogP contribution in [0.25, 0.3) is 0 Å². The van der Waals surface area contributed by atoms with E-state index in [0.29, 0.717) is 12.8 Å². The molecule has 3 amide bonds. The van der Waals surface area contributed by atoms with Gasteiger partial charge in [-0.05, 0) is 12.8 Å². The van der Waals surface area contributed by atoms with Gasteiger partial charge in [0, 0.05) is 0 Å². The molecule has 6 heteroatoms. The number of carbonyl (C=O) groups excluding carboxylic acids is 2. The molecule has 0 saturated carbocycles. The van der Waals surface area contributed by atoms with Crippen molar-refractivity contribution in [1.29, 1.82) is 0 Å². The average molecular weight is 214 g/mol. The summed E-state index contributed by atoms with van der Waals surface area (Å²) >= 11 is 0. The molecule has 1 aliphatic rings. The molecular weight excluding hydrogens is 200 g/mol. The summed E-state index contributed by atoms with van der Waals surface area (Å²) < 4.78 is 0. The highest BCUT2D eigenvalue weighted by atomic mass is 16.4. The number of nitrogens with zero attached hydrogens (tertiary/aromatic N) is 1. The fraction of sp³-hybridized carbons (Fsp3) is 0.667. The molecule has 1 heterocycles. The van der Waals surface area contributed by atoms with E-state index in [1.165, 1.54) is 0 Å². The van der Waals surface area contributed by atoms with Crippen LogP contribution in [-0.2, 0) is 9.59 Å². The molecule has 1 aliphatic heterocycles. The highest BCUT2D eigenvalue weighted by molar-refractivity contribution is 6.07. The zero-order valence-corrected chi connectivity index (χ0v) is 8.74. The van der Waals surface area contributed by atoms with Crippen molar-refractivity contribution in [2.75, 3.05) is 6.54 Å². The van der Waals surface area contributed by atoms with Gasteiger partial charge < -0.3 is 5.11 Å². The van der Waals surface area contributed by atoms with Crippen LogP contribution in [0.4, 0.5) is 4.79 Å². The van der Waals surface area contributed by atoms with Crippen LogP contribution in [0, 0.1) is 0 Å². The molecule has 0 atom stereocenters. The maximum absolute atomic E-state index is 11.6. The predicted molar refractivity (Wildman–Crippen MR) is 51.2 cm³/mol. The Labute approximate surface area is 87.2 Å². The average Bonchev–Trinajstić information content (AvgIpc) is 2.39. The van der Waals surface area contributed by atoms with Crippen molar-refractivity contribution in [2.24, 2.45) is 0 Å². The lowest BCUT2D eigenvalue weighted by Crippen LogP contribution is -2.50. The lowest BCUT2D eigenvalue weighted by Gasteiger charge is -2.32. The van der Waals surface area contributed by atoms with E-state index < -0.39 is 30.0 Å². The van der Waals surface area contributed by atoms with Crippen LogP contribution in [0.5, 0.6) is 0 Å². The third kappa shape index (κ3) is 1.67. The molecule has 0 aromatic carbocycles. The summed E-state index contributed by atoms with van der Waals surface area (Å²) in [4.78, 5) is 34.7. The summed E-state index contributed by atoms with van der Waals surface area (Å²) in [6.07, 6.45) is 0.822. The second-order valence-corrected chi connectivity index (χ2v) is 3.48. The Kier molecular flexibility index (Phi) is 2.97. The SMILES string of the molecule is CCC1(CC)C(=O)NC(=O)N1CC(=O)O. The van der Waals surface area contributed by atoms with Gasteiger partial charge in [0.15, 0.2) is 0 Å². The standard InChI is InChI=1S/C9H14N2O4/c1-3-9(4-2)7(14)10-8(15)11(9)5-6(12)13/h3-5H2,1-2H3,(H,12,13)(H,10,14,15). The van der Waals surface area contributed by atoms with E-state index in [-0.39, 0.29) is 0 Å². The molecule has 0 spiro atoms. The summed E-state index contributed by atoms with van der Waals surface area (Å²) in [5.41, 5.74) is -0.991. The number of nitrogens with one attached hydrogen (secondary N) is 1. The number of amides is 3. The molecule has 1 fully saturated rings. The molecule has 0 radical (unpaired) electrons. The fourth-order valence-corrected chi connectivity index (χ4v) is 1.91. The van der Waals surface area contributed by atoms with Gasteiger partial charge in [0.05, 0.1) is 0 Å². The van der Waals surface area contributed by atoms with E-state index in [0.717, 1.165) is 4.90 Å². The summed E-state index contributed by atoms with van der Waals surface area (Å²) in [7, 11) is 0. The van der Waals surface area contributed by atoms with Crippen molar-refractivity contribution >= 4 is 17.9 Å². The van der Waals surface area contributed by atoms with Crippen molar-refractivity contribution < 1.29 is 19.5 Å². The molecule has 2 N–H and O–H groups in total. The Hall–Kier alpha value is -1.59. The Balaban J connectivity index is 3.03. The Morgan fingerprint density at radius 2 is 1.93 bits per heavy atom. The monoisotopic (exact) mass is 214 g/mol. The molecule has 1 rings (SSSR count). The van der Waals surface area contributed by atoms with Crippen LogP contribution < -0.4 is 5.32 Å². The fourth-order valence-electron chi connectivity index (χ4n) is 1.91. The minimum absolute atomic E-state index is 0.404. The van der Waals surface area contributed by atoms with Gasteiger partial charge >= 0.3 is 12.0 Å². The first-order valence-electron chi connectivity index (χ1n) is 4.82. The van der Waals surface area contributed by atoms with Crippen LogP contribution in [0.2, 0.25) is 0 Å². The normalized spacial score (nSPS) is 19.2. The van der Waals surface area contributed by atoms with Crippen LogP contribution in [0.1, 0.15) is 26.7 Å². The molecule has 6 nitrogen and oxygen atoms in total. The Bertz CT molecular complexity index is 309. The minimum atomic E-state index is -1.12. The Morgan fingerprint density at radius 3 is 2.33 bits per heavy atom. The summed E-state index contributed by atoms with van der Waals surface area (Å²) in [6.45, 7) is 3.08. The largest absolute Gasteiger partial charge is 0.480 e.